The Morgan fingerprint density at radius 1 is 1.44 bits per heavy atom. The van der Waals surface area contributed by atoms with Crippen molar-refractivity contribution in [3.8, 4) is 0 Å². The maximum absolute atomic E-state index is 8.70. The number of nitrogens with two attached hydrogens (primary N) is 1. The summed E-state index contributed by atoms with van der Waals surface area (Å²) < 4.78 is 0. The van der Waals surface area contributed by atoms with Gasteiger partial charge in [0.15, 0.2) is 5.84 Å². The summed E-state index contributed by atoms with van der Waals surface area (Å²) in [6.07, 6.45) is 1.11. The second kappa shape index (κ2) is 6.12. The Kier molecular flexibility index (Phi) is 4.79. The van der Waals surface area contributed by atoms with Crippen molar-refractivity contribution in [3.05, 3.63) is 35.4 Å². The number of nitrogens with zero attached hydrogens (tertiary/aromatic N) is 2. The average Bonchev–Trinajstić information content (AvgIpc) is 2.29. The fourth-order valence-corrected chi connectivity index (χ4v) is 1.71. The summed E-state index contributed by atoms with van der Waals surface area (Å²) in [6, 6.07) is 7.71. The molecule has 16 heavy (non-hydrogen) atoms. The van der Waals surface area contributed by atoms with Crippen molar-refractivity contribution in [2.75, 3.05) is 13.6 Å². The van der Waals surface area contributed by atoms with Crippen molar-refractivity contribution in [1.29, 1.82) is 0 Å². The quantitative estimate of drug-likeness (QED) is 0.344. The Hall–Kier alpha value is -1.55. The molecule has 0 saturated heterocycles. The number of rotatable bonds is 5. The highest BCUT2D eigenvalue weighted by atomic mass is 16.4. The van der Waals surface area contributed by atoms with Crippen LogP contribution in [-0.2, 0) is 6.54 Å². The fraction of sp³-hybridized carbons (Fsp3) is 0.417. The van der Waals surface area contributed by atoms with Gasteiger partial charge in [0.2, 0.25) is 0 Å². The topological polar surface area (TPSA) is 61.8 Å². The zero-order valence-electron chi connectivity index (χ0n) is 9.85. The molecule has 0 amide bonds. The first kappa shape index (κ1) is 12.5. The van der Waals surface area contributed by atoms with Crippen molar-refractivity contribution < 1.29 is 5.21 Å². The molecular weight excluding hydrogens is 202 g/mol. The third-order valence-corrected chi connectivity index (χ3v) is 2.45. The lowest BCUT2D eigenvalue weighted by atomic mass is 10.1. The monoisotopic (exact) mass is 221 g/mol. The Morgan fingerprint density at radius 3 is 2.75 bits per heavy atom. The van der Waals surface area contributed by atoms with Crippen molar-refractivity contribution >= 4 is 5.84 Å². The fourth-order valence-electron chi connectivity index (χ4n) is 1.71. The Morgan fingerprint density at radius 2 is 2.12 bits per heavy atom. The molecule has 1 aromatic carbocycles. The number of hydrogen-bond acceptors (Lipinski definition) is 3. The van der Waals surface area contributed by atoms with Gasteiger partial charge in [-0.15, -0.1) is 0 Å². The highest BCUT2D eigenvalue weighted by Crippen LogP contribution is 2.10. The maximum Gasteiger partial charge on any atom is 0.170 e. The molecule has 4 nitrogen and oxygen atoms in total. The van der Waals surface area contributed by atoms with Gasteiger partial charge in [-0.25, -0.2) is 0 Å². The molecule has 0 atom stereocenters. The van der Waals surface area contributed by atoms with E-state index in [1.807, 2.05) is 24.3 Å². The van der Waals surface area contributed by atoms with Crippen molar-refractivity contribution in [1.82, 2.24) is 4.90 Å². The second-order valence-corrected chi connectivity index (χ2v) is 3.88. The second-order valence-electron chi connectivity index (χ2n) is 3.88. The molecule has 0 fully saturated rings. The minimum atomic E-state index is 0.167. The summed E-state index contributed by atoms with van der Waals surface area (Å²) in [6.45, 7) is 3.98. The van der Waals surface area contributed by atoms with E-state index in [9.17, 15) is 0 Å². The predicted octanol–water partition coefficient (Wildman–Crippen LogP) is 1.62. The first-order chi connectivity index (χ1) is 7.69. The van der Waals surface area contributed by atoms with Crippen LogP contribution in [0.5, 0.6) is 0 Å². The van der Waals surface area contributed by atoms with Crippen LogP contribution in [-0.4, -0.2) is 29.5 Å². The van der Waals surface area contributed by atoms with Crippen molar-refractivity contribution in [2.45, 2.75) is 19.9 Å². The van der Waals surface area contributed by atoms with E-state index in [1.54, 1.807) is 0 Å². The largest absolute Gasteiger partial charge is 0.409 e. The lowest BCUT2D eigenvalue weighted by Gasteiger charge is -2.17. The van der Waals surface area contributed by atoms with Crippen LogP contribution < -0.4 is 5.73 Å². The van der Waals surface area contributed by atoms with E-state index in [0.717, 1.165) is 30.6 Å². The van der Waals surface area contributed by atoms with Gasteiger partial charge in [-0.05, 0) is 25.6 Å². The summed E-state index contributed by atoms with van der Waals surface area (Å²) >= 11 is 0. The van der Waals surface area contributed by atoms with E-state index in [0.29, 0.717) is 0 Å². The van der Waals surface area contributed by atoms with Gasteiger partial charge in [0.05, 0.1) is 0 Å². The summed E-state index contributed by atoms with van der Waals surface area (Å²) in [4.78, 5) is 2.21. The molecule has 0 aliphatic carbocycles. The predicted molar refractivity (Wildman–Crippen MR) is 65.6 cm³/mol. The molecule has 3 N–H and O–H groups in total. The van der Waals surface area contributed by atoms with Gasteiger partial charge < -0.3 is 15.8 Å². The maximum atomic E-state index is 8.70. The third-order valence-electron chi connectivity index (χ3n) is 2.45. The highest BCUT2D eigenvalue weighted by molar-refractivity contribution is 5.98. The molecule has 0 radical (unpaired) electrons. The van der Waals surface area contributed by atoms with Gasteiger partial charge in [-0.1, -0.05) is 36.3 Å². The first-order valence-electron chi connectivity index (χ1n) is 5.43. The highest BCUT2D eigenvalue weighted by Gasteiger charge is 2.07. The van der Waals surface area contributed by atoms with E-state index in [2.05, 4.69) is 24.0 Å². The van der Waals surface area contributed by atoms with Crippen LogP contribution in [0, 0.1) is 0 Å². The van der Waals surface area contributed by atoms with Crippen LogP contribution in [0.2, 0.25) is 0 Å². The van der Waals surface area contributed by atoms with E-state index in [-0.39, 0.29) is 5.84 Å². The zero-order chi connectivity index (χ0) is 12.0. The normalized spacial score (nSPS) is 12.1. The molecule has 1 aromatic rings. The lowest BCUT2D eigenvalue weighted by Crippen LogP contribution is -2.22. The molecule has 0 aliphatic rings. The third kappa shape index (κ3) is 3.24. The number of amidine groups is 1. The van der Waals surface area contributed by atoms with Crippen LogP contribution in [0.4, 0.5) is 0 Å². The van der Waals surface area contributed by atoms with Gasteiger partial charge in [0, 0.05) is 12.1 Å². The molecule has 0 saturated carbocycles. The average molecular weight is 221 g/mol. The minimum Gasteiger partial charge on any atom is -0.409 e. The SMILES string of the molecule is CCCN(C)Cc1ccccc1/C(N)=N/O. The van der Waals surface area contributed by atoms with Crippen LogP contribution in [0.3, 0.4) is 0 Å². The van der Waals surface area contributed by atoms with Gasteiger partial charge in [0.1, 0.15) is 0 Å². The lowest BCUT2D eigenvalue weighted by molar-refractivity contribution is 0.317. The number of benzene rings is 1. The van der Waals surface area contributed by atoms with Crippen LogP contribution >= 0.6 is 0 Å². The van der Waals surface area contributed by atoms with E-state index in [4.69, 9.17) is 10.9 Å². The van der Waals surface area contributed by atoms with Crippen molar-refractivity contribution in [3.63, 3.8) is 0 Å². The Labute approximate surface area is 96.4 Å². The Bertz CT molecular complexity index is 363. The Balaban J connectivity index is 2.87. The molecule has 0 unspecified atom stereocenters. The molecule has 0 heterocycles. The van der Waals surface area contributed by atoms with E-state index >= 15 is 0 Å². The van der Waals surface area contributed by atoms with E-state index in [1.165, 1.54) is 0 Å². The van der Waals surface area contributed by atoms with Gasteiger partial charge in [-0.3, -0.25) is 0 Å². The van der Waals surface area contributed by atoms with Crippen LogP contribution in [0.1, 0.15) is 24.5 Å². The van der Waals surface area contributed by atoms with Gasteiger partial charge >= 0.3 is 0 Å². The summed E-state index contributed by atoms with van der Waals surface area (Å²) in [5, 5.41) is 11.7. The summed E-state index contributed by atoms with van der Waals surface area (Å²) in [7, 11) is 2.06. The van der Waals surface area contributed by atoms with Crippen LogP contribution in [0.15, 0.2) is 29.4 Å². The smallest absolute Gasteiger partial charge is 0.170 e. The zero-order valence-corrected chi connectivity index (χ0v) is 9.85. The summed E-state index contributed by atoms with van der Waals surface area (Å²) in [5.74, 6) is 0.167. The molecule has 0 aromatic heterocycles. The number of hydrogen-bond donors (Lipinski definition) is 2. The van der Waals surface area contributed by atoms with Gasteiger partial charge in [0.25, 0.3) is 0 Å². The minimum absolute atomic E-state index is 0.167. The molecular formula is C12H19N3O. The molecule has 4 heteroatoms. The van der Waals surface area contributed by atoms with Gasteiger partial charge in [-0.2, -0.15) is 0 Å². The molecule has 88 valence electrons. The molecule has 0 bridgehead atoms. The standard InChI is InChI=1S/C12H19N3O/c1-3-8-15(2)9-10-6-4-5-7-11(10)12(13)14-16/h4-7,16H,3,8-9H2,1-2H3,(H2,13,14). The van der Waals surface area contributed by atoms with E-state index < -0.39 is 0 Å². The molecule has 0 aliphatic heterocycles. The number of oxime groups is 1. The molecule has 0 spiro atoms. The molecule has 1 rings (SSSR count). The first-order valence-corrected chi connectivity index (χ1v) is 5.43. The van der Waals surface area contributed by atoms with Crippen LogP contribution in [0.25, 0.3) is 0 Å². The summed E-state index contributed by atoms with van der Waals surface area (Å²) in [5.41, 5.74) is 7.50. The van der Waals surface area contributed by atoms with Crippen molar-refractivity contribution in [2.24, 2.45) is 10.9 Å².